The van der Waals surface area contributed by atoms with Crippen LogP contribution in [-0.4, -0.2) is 51.1 Å². The number of hydrogen-bond donors (Lipinski definition) is 0. The standard InChI is InChI=1S/C24H34O6/c1-21-7-5-19-17(18(21)6-8-24(21)29-13-14-30-24)4-3-16-15-22(27-11-12-28-22)9-10-23(16,19)20(25)26-2/h3,17-19H,4-15H2,1-2H3/t17-,18-,19-,21-,23+/m0/s1. The first-order valence-electron chi connectivity index (χ1n) is 11.8. The van der Waals surface area contributed by atoms with E-state index in [0.29, 0.717) is 50.6 Å². The SMILES string of the molecule is COC(=O)[C@]12CCC3(CC1=CC[C@@H]1[C@@H]2CC[C@@]2(C)[C@H]1CCC21OCCO1)OCCO3. The summed E-state index contributed by atoms with van der Waals surface area (Å²) in [6.45, 7) is 5.08. The van der Waals surface area contributed by atoms with E-state index in [1.54, 1.807) is 7.11 Å². The normalized spacial score (nSPS) is 45.7. The van der Waals surface area contributed by atoms with Gasteiger partial charge in [0.15, 0.2) is 11.6 Å². The zero-order valence-corrected chi connectivity index (χ0v) is 18.2. The molecule has 0 aromatic heterocycles. The number of carbonyl (C=O) groups is 1. The van der Waals surface area contributed by atoms with Crippen LogP contribution < -0.4 is 0 Å². The van der Waals surface area contributed by atoms with Crippen molar-refractivity contribution in [1.29, 1.82) is 0 Å². The van der Waals surface area contributed by atoms with Crippen molar-refractivity contribution in [3.05, 3.63) is 11.6 Å². The van der Waals surface area contributed by atoms with Gasteiger partial charge in [0.2, 0.25) is 0 Å². The molecular weight excluding hydrogens is 384 g/mol. The maximum Gasteiger partial charge on any atom is 0.316 e. The molecule has 6 heteroatoms. The summed E-state index contributed by atoms with van der Waals surface area (Å²) in [6.07, 6.45) is 9.75. The molecule has 6 rings (SSSR count). The molecule has 5 atom stereocenters. The first-order chi connectivity index (χ1) is 14.5. The van der Waals surface area contributed by atoms with Crippen molar-refractivity contribution in [1.82, 2.24) is 0 Å². The Bertz CT molecular complexity index is 764. The lowest BCUT2D eigenvalue weighted by molar-refractivity contribution is -0.244. The molecule has 0 amide bonds. The Morgan fingerprint density at radius 3 is 2.40 bits per heavy atom. The van der Waals surface area contributed by atoms with Crippen LogP contribution in [0.15, 0.2) is 11.6 Å². The van der Waals surface area contributed by atoms with E-state index in [1.807, 2.05) is 0 Å². The Labute approximate surface area is 178 Å². The Morgan fingerprint density at radius 1 is 0.967 bits per heavy atom. The van der Waals surface area contributed by atoms with E-state index in [1.165, 1.54) is 5.57 Å². The number of ether oxygens (including phenoxy) is 5. The van der Waals surface area contributed by atoms with Gasteiger partial charge in [0, 0.05) is 24.7 Å². The van der Waals surface area contributed by atoms with E-state index in [0.717, 1.165) is 44.9 Å². The lowest BCUT2D eigenvalue weighted by atomic mass is 9.47. The lowest BCUT2D eigenvalue weighted by Crippen LogP contribution is -2.58. The molecule has 0 N–H and O–H groups in total. The van der Waals surface area contributed by atoms with Crippen LogP contribution in [0.5, 0.6) is 0 Å². The van der Waals surface area contributed by atoms with Gasteiger partial charge in [-0.25, -0.2) is 0 Å². The predicted octanol–water partition coefficient (Wildman–Crippen LogP) is 3.59. The Kier molecular flexibility index (Phi) is 4.29. The van der Waals surface area contributed by atoms with Gasteiger partial charge in [0.1, 0.15) is 0 Å². The molecule has 0 aromatic rings. The quantitative estimate of drug-likeness (QED) is 0.479. The van der Waals surface area contributed by atoms with Crippen LogP contribution >= 0.6 is 0 Å². The smallest absolute Gasteiger partial charge is 0.316 e. The van der Waals surface area contributed by atoms with Crippen molar-refractivity contribution in [2.75, 3.05) is 33.5 Å². The molecule has 4 aliphatic carbocycles. The molecule has 2 aliphatic heterocycles. The summed E-state index contributed by atoms with van der Waals surface area (Å²) >= 11 is 0. The molecule has 5 fully saturated rings. The molecule has 0 unspecified atom stereocenters. The third-order valence-corrected chi connectivity index (χ3v) is 9.80. The molecule has 0 bridgehead atoms. The summed E-state index contributed by atoms with van der Waals surface area (Å²) in [4.78, 5) is 13.4. The minimum atomic E-state index is -0.525. The molecule has 3 saturated carbocycles. The van der Waals surface area contributed by atoms with Crippen LogP contribution in [0.25, 0.3) is 0 Å². The fourth-order valence-corrected chi connectivity index (χ4v) is 8.46. The second kappa shape index (κ2) is 6.53. The zero-order valence-electron chi connectivity index (χ0n) is 18.2. The summed E-state index contributed by atoms with van der Waals surface area (Å²) in [6, 6.07) is 0. The third kappa shape index (κ3) is 2.31. The van der Waals surface area contributed by atoms with Gasteiger partial charge >= 0.3 is 5.97 Å². The molecule has 2 spiro atoms. The maximum atomic E-state index is 13.4. The summed E-state index contributed by atoms with van der Waals surface area (Å²) in [5.74, 6) is 0.316. The van der Waals surface area contributed by atoms with Crippen molar-refractivity contribution < 1.29 is 28.5 Å². The van der Waals surface area contributed by atoms with E-state index in [4.69, 9.17) is 23.7 Å². The van der Waals surface area contributed by atoms with Gasteiger partial charge in [-0.2, -0.15) is 0 Å². The monoisotopic (exact) mass is 418 g/mol. The number of esters is 1. The Balaban J connectivity index is 1.38. The molecule has 2 saturated heterocycles. The number of fused-ring (bicyclic) bond motifs is 6. The topological polar surface area (TPSA) is 63.2 Å². The van der Waals surface area contributed by atoms with Crippen LogP contribution in [0.3, 0.4) is 0 Å². The average molecular weight is 419 g/mol. The summed E-state index contributed by atoms with van der Waals surface area (Å²) in [5.41, 5.74) is 0.710. The summed E-state index contributed by atoms with van der Waals surface area (Å²) in [5, 5.41) is 0. The van der Waals surface area contributed by atoms with Crippen LogP contribution in [0, 0.1) is 28.6 Å². The fourth-order valence-electron chi connectivity index (χ4n) is 8.46. The van der Waals surface area contributed by atoms with Crippen molar-refractivity contribution >= 4 is 5.97 Å². The molecule has 166 valence electrons. The van der Waals surface area contributed by atoms with Gasteiger partial charge < -0.3 is 23.7 Å². The number of carbonyl (C=O) groups excluding carboxylic acids is 1. The highest BCUT2D eigenvalue weighted by Crippen LogP contribution is 2.69. The highest BCUT2D eigenvalue weighted by atomic mass is 16.7. The molecule has 2 heterocycles. The van der Waals surface area contributed by atoms with Crippen molar-refractivity contribution in [2.24, 2.45) is 28.6 Å². The molecular formula is C24H34O6. The van der Waals surface area contributed by atoms with Crippen LogP contribution in [-0.2, 0) is 28.5 Å². The van der Waals surface area contributed by atoms with Gasteiger partial charge in [0.05, 0.1) is 39.0 Å². The van der Waals surface area contributed by atoms with E-state index < -0.39 is 17.0 Å². The van der Waals surface area contributed by atoms with Crippen LogP contribution in [0.4, 0.5) is 0 Å². The summed E-state index contributed by atoms with van der Waals surface area (Å²) in [7, 11) is 1.54. The second-order valence-corrected chi connectivity index (χ2v) is 10.5. The third-order valence-electron chi connectivity index (χ3n) is 9.80. The highest BCUT2D eigenvalue weighted by Gasteiger charge is 2.69. The number of allylic oxidation sites excluding steroid dienone is 1. The Morgan fingerprint density at radius 2 is 1.67 bits per heavy atom. The van der Waals surface area contributed by atoms with E-state index >= 15 is 0 Å². The van der Waals surface area contributed by atoms with E-state index in [-0.39, 0.29) is 11.4 Å². The summed E-state index contributed by atoms with van der Waals surface area (Å²) < 4.78 is 30.0. The van der Waals surface area contributed by atoms with Gasteiger partial charge in [-0.15, -0.1) is 0 Å². The van der Waals surface area contributed by atoms with Crippen LogP contribution in [0.2, 0.25) is 0 Å². The largest absolute Gasteiger partial charge is 0.468 e. The average Bonchev–Trinajstić information content (AvgIpc) is 3.49. The van der Waals surface area contributed by atoms with Gasteiger partial charge in [-0.3, -0.25) is 4.79 Å². The second-order valence-electron chi connectivity index (χ2n) is 10.5. The van der Waals surface area contributed by atoms with Crippen molar-refractivity contribution in [3.63, 3.8) is 0 Å². The maximum absolute atomic E-state index is 13.4. The molecule has 6 aliphatic rings. The first kappa shape index (κ1) is 19.7. The van der Waals surface area contributed by atoms with Crippen LogP contribution in [0.1, 0.15) is 58.3 Å². The highest BCUT2D eigenvalue weighted by molar-refractivity contribution is 5.82. The van der Waals surface area contributed by atoms with Crippen molar-refractivity contribution in [3.8, 4) is 0 Å². The molecule has 0 aromatic carbocycles. The minimum Gasteiger partial charge on any atom is -0.468 e. The zero-order chi connectivity index (χ0) is 20.6. The lowest BCUT2D eigenvalue weighted by Gasteiger charge is -2.58. The number of hydrogen-bond acceptors (Lipinski definition) is 6. The Hall–Kier alpha value is -0.950. The molecule has 0 radical (unpaired) electrons. The van der Waals surface area contributed by atoms with E-state index in [2.05, 4.69) is 13.0 Å². The predicted molar refractivity (Wildman–Crippen MR) is 107 cm³/mol. The van der Waals surface area contributed by atoms with Gasteiger partial charge in [0.25, 0.3) is 0 Å². The molecule has 30 heavy (non-hydrogen) atoms. The first-order valence-corrected chi connectivity index (χ1v) is 11.8. The minimum absolute atomic E-state index is 0.0287. The fraction of sp³-hybridized carbons (Fsp3) is 0.875. The molecule has 6 nitrogen and oxygen atoms in total. The number of methoxy groups -OCH3 is 1. The van der Waals surface area contributed by atoms with Gasteiger partial charge in [-0.1, -0.05) is 18.6 Å². The number of rotatable bonds is 1. The van der Waals surface area contributed by atoms with Crippen molar-refractivity contribution in [2.45, 2.75) is 69.9 Å². The van der Waals surface area contributed by atoms with Gasteiger partial charge in [-0.05, 0) is 49.9 Å². The van der Waals surface area contributed by atoms with E-state index in [9.17, 15) is 4.79 Å².